The van der Waals surface area contributed by atoms with Crippen LogP contribution in [-0.4, -0.2) is 42.0 Å². The Labute approximate surface area is 184 Å². The van der Waals surface area contributed by atoms with Crippen molar-refractivity contribution in [1.29, 1.82) is 0 Å². The number of aryl methyl sites for hydroxylation is 6. The van der Waals surface area contributed by atoms with Crippen molar-refractivity contribution in [2.45, 2.75) is 60.2 Å². The highest BCUT2D eigenvalue weighted by atomic mass is 28.4. The molecule has 30 heavy (non-hydrogen) atoms. The fourth-order valence-electron chi connectivity index (χ4n) is 5.27. The van der Waals surface area contributed by atoms with Crippen LogP contribution < -0.4 is 9.80 Å². The molecular weight excluding hydrogens is 388 g/mol. The highest BCUT2D eigenvalue weighted by Crippen LogP contribution is 2.37. The smallest absolute Gasteiger partial charge is 0.336 e. The lowest BCUT2D eigenvalue weighted by atomic mass is 10.0. The molecule has 0 radical (unpaired) electrons. The van der Waals surface area contributed by atoms with Crippen LogP contribution in [0.4, 0.5) is 11.4 Å². The molecule has 2 aromatic rings. The van der Waals surface area contributed by atoms with Gasteiger partial charge in [-0.15, -0.1) is 0 Å². The van der Waals surface area contributed by atoms with E-state index < -0.39 is 8.56 Å². The van der Waals surface area contributed by atoms with Crippen LogP contribution in [0.3, 0.4) is 0 Å². The molecule has 1 saturated heterocycles. The lowest BCUT2D eigenvalue weighted by Gasteiger charge is -2.33. The third kappa shape index (κ3) is 4.43. The maximum absolute atomic E-state index is 5.89. The van der Waals surface area contributed by atoms with E-state index in [1.165, 1.54) is 44.8 Å². The number of hydrogen-bond donors (Lipinski definition) is 0. The number of nitrogens with zero attached hydrogens (tertiary/aromatic N) is 2. The minimum atomic E-state index is -2.22. The van der Waals surface area contributed by atoms with Gasteiger partial charge in [0.15, 0.2) is 0 Å². The summed E-state index contributed by atoms with van der Waals surface area (Å²) >= 11 is 0. The van der Waals surface area contributed by atoms with Gasteiger partial charge in [-0.3, -0.25) is 0 Å². The van der Waals surface area contributed by atoms with Crippen LogP contribution in [0, 0.1) is 41.5 Å². The number of anilines is 2. The zero-order valence-electron chi connectivity index (χ0n) is 20.2. The molecule has 164 valence electrons. The summed E-state index contributed by atoms with van der Waals surface area (Å²) in [4.78, 5) is 5.14. The number of hydrogen-bond acceptors (Lipinski definition) is 4. The summed E-state index contributed by atoms with van der Waals surface area (Å²) in [5.74, 6) is 0. The van der Waals surface area contributed by atoms with Gasteiger partial charge in [0.05, 0.1) is 12.7 Å². The van der Waals surface area contributed by atoms with Crippen LogP contribution in [0.25, 0.3) is 0 Å². The maximum atomic E-state index is 5.89. The van der Waals surface area contributed by atoms with Crippen LogP contribution in [-0.2, 0) is 8.85 Å². The fraction of sp³-hybridized carbons (Fsp3) is 0.520. The zero-order chi connectivity index (χ0) is 22.2. The summed E-state index contributed by atoms with van der Waals surface area (Å²) in [6, 6.07) is 10.5. The van der Waals surface area contributed by atoms with Crippen LogP contribution in [0.5, 0.6) is 0 Å². The normalized spacial score (nSPS) is 17.2. The molecule has 1 heterocycles. The Hall–Kier alpha value is -1.82. The van der Waals surface area contributed by atoms with E-state index in [9.17, 15) is 0 Å². The molecule has 0 aromatic heterocycles. The van der Waals surface area contributed by atoms with Crippen LogP contribution in [0.2, 0.25) is 12.6 Å². The predicted molar refractivity (Wildman–Crippen MR) is 130 cm³/mol. The molecule has 1 fully saturated rings. The molecule has 0 bridgehead atoms. The van der Waals surface area contributed by atoms with Crippen LogP contribution >= 0.6 is 0 Å². The SMILES string of the molecule is CO[Si](C)(CC1CN(c2c(C)cc(C)cc2C)CN1c1c(C)cc(C)cc1C)OC. The van der Waals surface area contributed by atoms with Crippen LogP contribution in [0.1, 0.15) is 33.4 Å². The van der Waals surface area contributed by atoms with Crippen molar-refractivity contribution < 1.29 is 8.85 Å². The van der Waals surface area contributed by atoms with E-state index in [1.807, 2.05) is 0 Å². The van der Waals surface area contributed by atoms with E-state index in [0.29, 0.717) is 6.04 Å². The predicted octanol–water partition coefficient (Wildman–Crippen LogP) is 5.55. The van der Waals surface area contributed by atoms with Crippen LogP contribution in [0.15, 0.2) is 24.3 Å². The van der Waals surface area contributed by atoms with Gasteiger partial charge in [0, 0.05) is 38.2 Å². The average Bonchev–Trinajstić information content (AvgIpc) is 3.02. The summed E-state index contributed by atoms with van der Waals surface area (Å²) in [6.45, 7) is 17.3. The first kappa shape index (κ1) is 22.9. The molecule has 0 amide bonds. The lowest BCUT2D eigenvalue weighted by Crippen LogP contribution is -2.45. The molecule has 2 aromatic carbocycles. The topological polar surface area (TPSA) is 24.9 Å². The minimum absolute atomic E-state index is 0.349. The fourth-order valence-corrected chi connectivity index (χ4v) is 6.98. The van der Waals surface area contributed by atoms with Gasteiger partial charge in [-0.05, 0) is 70.3 Å². The Kier molecular flexibility index (Phi) is 6.65. The Morgan fingerprint density at radius 2 is 1.23 bits per heavy atom. The molecule has 1 unspecified atom stereocenters. The van der Waals surface area contributed by atoms with Crippen molar-refractivity contribution in [3.63, 3.8) is 0 Å². The monoisotopic (exact) mass is 426 g/mol. The second kappa shape index (κ2) is 8.73. The van der Waals surface area contributed by atoms with E-state index in [1.54, 1.807) is 14.2 Å². The molecule has 0 aliphatic carbocycles. The van der Waals surface area contributed by atoms with Crippen molar-refractivity contribution in [1.82, 2.24) is 0 Å². The molecule has 0 saturated carbocycles. The van der Waals surface area contributed by atoms with Gasteiger partial charge in [-0.1, -0.05) is 35.4 Å². The highest BCUT2D eigenvalue weighted by molar-refractivity contribution is 6.66. The molecule has 1 atom stereocenters. The highest BCUT2D eigenvalue weighted by Gasteiger charge is 2.41. The summed E-state index contributed by atoms with van der Waals surface area (Å²) < 4.78 is 11.8. The largest absolute Gasteiger partial charge is 0.398 e. The Balaban J connectivity index is 2.05. The van der Waals surface area contributed by atoms with Crippen molar-refractivity contribution in [2.75, 3.05) is 37.2 Å². The Morgan fingerprint density at radius 1 is 0.800 bits per heavy atom. The average molecular weight is 427 g/mol. The number of benzene rings is 2. The van der Waals surface area contributed by atoms with E-state index in [-0.39, 0.29) is 0 Å². The first-order chi connectivity index (χ1) is 14.1. The van der Waals surface area contributed by atoms with Crippen molar-refractivity contribution >= 4 is 19.9 Å². The second-order valence-electron chi connectivity index (χ2n) is 9.23. The van der Waals surface area contributed by atoms with Gasteiger partial charge < -0.3 is 18.7 Å². The number of rotatable bonds is 6. The standard InChI is InChI=1S/C25H38N2O2Si/c1-17-10-19(3)24(20(4)11-17)26-14-23(15-30(9,28-7)29-8)27(16-26)25-21(5)12-18(2)13-22(25)6/h10-13,23H,14-16H2,1-9H3. The van der Waals surface area contributed by atoms with Crippen molar-refractivity contribution in [3.05, 3.63) is 57.6 Å². The zero-order valence-corrected chi connectivity index (χ0v) is 21.2. The minimum Gasteiger partial charge on any atom is -0.398 e. The molecule has 0 N–H and O–H groups in total. The van der Waals surface area contributed by atoms with Gasteiger partial charge in [0.25, 0.3) is 0 Å². The molecule has 0 spiro atoms. The van der Waals surface area contributed by atoms with E-state index in [0.717, 1.165) is 19.3 Å². The van der Waals surface area contributed by atoms with Crippen molar-refractivity contribution in [2.24, 2.45) is 0 Å². The van der Waals surface area contributed by atoms with Gasteiger partial charge in [-0.2, -0.15) is 0 Å². The summed E-state index contributed by atoms with van der Waals surface area (Å²) in [5.41, 5.74) is 10.8. The van der Waals surface area contributed by atoms with Gasteiger partial charge in [0.1, 0.15) is 0 Å². The third-order valence-electron chi connectivity index (χ3n) is 6.54. The van der Waals surface area contributed by atoms with Crippen molar-refractivity contribution in [3.8, 4) is 0 Å². The Bertz CT molecular complexity index is 877. The van der Waals surface area contributed by atoms with E-state index in [2.05, 4.69) is 82.2 Å². The summed E-state index contributed by atoms with van der Waals surface area (Å²) in [6.07, 6.45) is 0. The van der Waals surface area contributed by atoms with Gasteiger partial charge in [-0.25, -0.2) is 0 Å². The maximum Gasteiger partial charge on any atom is 0.336 e. The third-order valence-corrected chi connectivity index (χ3v) is 9.48. The summed E-state index contributed by atoms with van der Waals surface area (Å²) in [5, 5.41) is 0. The molecule has 5 heteroatoms. The van der Waals surface area contributed by atoms with E-state index in [4.69, 9.17) is 8.85 Å². The van der Waals surface area contributed by atoms with Gasteiger partial charge >= 0.3 is 8.56 Å². The molecular formula is C25H38N2O2Si. The molecule has 1 aliphatic rings. The van der Waals surface area contributed by atoms with E-state index >= 15 is 0 Å². The molecule has 1 aliphatic heterocycles. The summed E-state index contributed by atoms with van der Waals surface area (Å²) in [7, 11) is 1.37. The molecule has 3 rings (SSSR count). The first-order valence-corrected chi connectivity index (χ1v) is 13.4. The molecule has 4 nitrogen and oxygen atoms in total. The second-order valence-corrected chi connectivity index (χ2v) is 12.7. The van der Waals surface area contributed by atoms with Gasteiger partial charge in [0.2, 0.25) is 0 Å². The Morgan fingerprint density at radius 3 is 1.67 bits per heavy atom. The lowest BCUT2D eigenvalue weighted by molar-refractivity contribution is 0.247. The first-order valence-electron chi connectivity index (χ1n) is 10.9. The quantitative estimate of drug-likeness (QED) is 0.565.